The van der Waals surface area contributed by atoms with Gasteiger partial charge in [0.05, 0.1) is 4.88 Å². The Labute approximate surface area is 187 Å². The number of benzene rings is 2. The van der Waals surface area contributed by atoms with Crippen LogP contribution in [0.3, 0.4) is 0 Å². The van der Waals surface area contributed by atoms with E-state index in [2.05, 4.69) is 57.6 Å². The van der Waals surface area contributed by atoms with E-state index < -0.39 is 0 Å². The van der Waals surface area contributed by atoms with Gasteiger partial charge in [0.1, 0.15) is 0 Å². The van der Waals surface area contributed by atoms with E-state index in [1.165, 1.54) is 22.6 Å². The van der Waals surface area contributed by atoms with E-state index in [0.717, 1.165) is 38.4 Å². The summed E-state index contributed by atoms with van der Waals surface area (Å²) in [5.41, 5.74) is 3.29. The first kappa shape index (κ1) is 21.3. The zero-order valence-electron chi connectivity index (χ0n) is 17.5. The Balaban J connectivity index is 1.22. The van der Waals surface area contributed by atoms with E-state index in [9.17, 15) is 9.59 Å². The number of carbonyl (C=O) groups excluding carboxylic acids is 2. The molecular weight excluding hydrogens is 406 g/mol. The molecule has 6 heteroatoms. The molecular formula is C25H27N3O2S. The van der Waals surface area contributed by atoms with E-state index in [-0.39, 0.29) is 24.5 Å². The molecule has 1 aliphatic heterocycles. The van der Waals surface area contributed by atoms with Gasteiger partial charge in [-0.15, -0.1) is 11.3 Å². The Morgan fingerprint density at radius 2 is 1.58 bits per heavy atom. The SMILES string of the molecule is O=C(CCC(=O)c1cccs1)Nc1ccc(N2CCN(Cc3ccccc3)CC2)cc1. The third kappa shape index (κ3) is 6.03. The van der Waals surface area contributed by atoms with Crippen LogP contribution in [0.25, 0.3) is 0 Å². The Kier molecular flexibility index (Phi) is 7.12. The molecule has 1 saturated heterocycles. The van der Waals surface area contributed by atoms with E-state index in [1.54, 1.807) is 6.07 Å². The maximum absolute atomic E-state index is 12.2. The fourth-order valence-electron chi connectivity index (χ4n) is 3.77. The number of piperazine rings is 1. The largest absolute Gasteiger partial charge is 0.369 e. The fraction of sp³-hybridized carbons (Fsp3) is 0.280. The highest BCUT2D eigenvalue weighted by molar-refractivity contribution is 7.12. The van der Waals surface area contributed by atoms with Crippen LogP contribution in [0.15, 0.2) is 72.1 Å². The molecule has 1 fully saturated rings. The van der Waals surface area contributed by atoms with Crippen LogP contribution in [0.4, 0.5) is 11.4 Å². The van der Waals surface area contributed by atoms with Crippen molar-refractivity contribution >= 4 is 34.4 Å². The molecule has 2 aromatic carbocycles. The molecule has 4 rings (SSSR count). The van der Waals surface area contributed by atoms with Crippen LogP contribution in [0.2, 0.25) is 0 Å². The van der Waals surface area contributed by atoms with Crippen molar-refractivity contribution in [3.05, 3.63) is 82.6 Å². The first-order valence-electron chi connectivity index (χ1n) is 10.7. The van der Waals surface area contributed by atoms with Crippen LogP contribution in [0.1, 0.15) is 28.1 Å². The Hall–Kier alpha value is -2.96. The zero-order chi connectivity index (χ0) is 21.5. The summed E-state index contributed by atoms with van der Waals surface area (Å²) in [7, 11) is 0. The van der Waals surface area contributed by atoms with Crippen molar-refractivity contribution in [1.29, 1.82) is 0 Å². The van der Waals surface area contributed by atoms with Crippen molar-refractivity contribution in [1.82, 2.24) is 4.90 Å². The van der Waals surface area contributed by atoms with E-state index in [4.69, 9.17) is 0 Å². The summed E-state index contributed by atoms with van der Waals surface area (Å²) in [6.45, 7) is 5.04. The van der Waals surface area contributed by atoms with Gasteiger partial charge in [0.15, 0.2) is 5.78 Å². The van der Waals surface area contributed by atoms with Gasteiger partial charge in [-0.25, -0.2) is 0 Å². The summed E-state index contributed by atoms with van der Waals surface area (Å²) in [5, 5.41) is 4.77. The second-order valence-electron chi connectivity index (χ2n) is 7.74. The molecule has 0 spiro atoms. The summed E-state index contributed by atoms with van der Waals surface area (Å²) >= 11 is 1.41. The number of anilines is 2. The average molecular weight is 434 g/mol. The summed E-state index contributed by atoms with van der Waals surface area (Å²) in [6, 6.07) is 22.2. The molecule has 3 aromatic rings. The van der Waals surface area contributed by atoms with Gasteiger partial charge < -0.3 is 10.2 Å². The fourth-order valence-corrected chi connectivity index (χ4v) is 4.47. The standard InChI is InChI=1S/C25H27N3O2S/c29-23(24-7-4-18-31-24)12-13-25(30)26-21-8-10-22(11-9-21)28-16-14-27(15-17-28)19-20-5-2-1-3-6-20/h1-11,18H,12-17,19H2,(H,26,30). The molecule has 160 valence electrons. The van der Waals surface area contributed by atoms with Crippen molar-refractivity contribution in [2.24, 2.45) is 0 Å². The van der Waals surface area contributed by atoms with Crippen molar-refractivity contribution in [2.45, 2.75) is 19.4 Å². The molecule has 2 heterocycles. The quantitative estimate of drug-likeness (QED) is 0.525. The molecule has 1 N–H and O–H groups in total. The maximum Gasteiger partial charge on any atom is 0.224 e. The van der Waals surface area contributed by atoms with Crippen LogP contribution >= 0.6 is 11.3 Å². The molecule has 0 atom stereocenters. The van der Waals surface area contributed by atoms with Crippen molar-refractivity contribution in [3.63, 3.8) is 0 Å². The number of Topliss-reactive ketones (excluding diaryl/α,β-unsaturated/α-hetero) is 1. The molecule has 0 radical (unpaired) electrons. The van der Waals surface area contributed by atoms with Crippen LogP contribution < -0.4 is 10.2 Å². The van der Waals surface area contributed by atoms with Crippen molar-refractivity contribution in [3.8, 4) is 0 Å². The minimum absolute atomic E-state index is 0.0203. The number of nitrogens with one attached hydrogen (secondary N) is 1. The highest BCUT2D eigenvalue weighted by Crippen LogP contribution is 2.21. The molecule has 0 saturated carbocycles. The monoisotopic (exact) mass is 433 g/mol. The number of nitrogens with zero attached hydrogens (tertiary/aromatic N) is 2. The normalized spacial score (nSPS) is 14.4. The average Bonchev–Trinajstić information content (AvgIpc) is 3.35. The molecule has 1 aromatic heterocycles. The first-order valence-corrected chi connectivity index (χ1v) is 11.5. The summed E-state index contributed by atoms with van der Waals surface area (Å²) in [6.07, 6.45) is 0.430. The number of hydrogen-bond donors (Lipinski definition) is 1. The molecule has 1 amide bonds. The predicted molar refractivity (Wildman–Crippen MR) is 127 cm³/mol. The van der Waals surface area contributed by atoms with Gasteiger partial charge in [0.25, 0.3) is 0 Å². The van der Waals surface area contributed by atoms with E-state index >= 15 is 0 Å². The Morgan fingerprint density at radius 1 is 0.839 bits per heavy atom. The Morgan fingerprint density at radius 3 is 2.26 bits per heavy atom. The molecule has 0 unspecified atom stereocenters. The van der Waals surface area contributed by atoms with Crippen molar-refractivity contribution in [2.75, 3.05) is 36.4 Å². The Bertz CT molecular complexity index is 979. The lowest BCUT2D eigenvalue weighted by Crippen LogP contribution is -2.45. The summed E-state index contributed by atoms with van der Waals surface area (Å²) in [5.74, 6) is -0.112. The summed E-state index contributed by atoms with van der Waals surface area (Å²) < 4.78 is 0. The van der Waals surface area contributed by atoms with Gasteiger partial charge in [0.2, 0.25) is 5.91 Å². The molecule has 0 bridgehead atoms. The maximum atomic E-state index is 12.2. The van der Waals surface area contributed by atoms with Gasteiger partial charge >= 0.3 is 0 Å². The second kappa shape index (κ2) is 10.4. The number of ketones is 1. The highest BCUT2D eigenvalue weighted by Gasteiger charge is 2.17. The number of carbonyl (C=O) groups is 2. The number of rotatable bonds is 8. The number of thiophene rings is 1. The van der Waals surface area contributed by atoms with Crippen molar-refractivity contribution < 1.29 is 9.59 Å². The third-order valence-corrected chi connectivity index (χ3v) is 6.42. The third-order valence-electron chi connectivity index (χ3n) is 5.51. The number of amides is 1. The lowest BCUT2D eigenvalue weighted by molar-refractivity contribution is -0.116. The second-order valence-corrected chi connectivity index (χ2v) is 8.69. The van der Waals surface area contributed by atoms with Gasteiger partial charge in [-0.3, -0.25) is 14.5 Å². The van der Waals surface area contributed by atoms with E-state index in [0.29, 0.717) is 4.88 Å². The molecule has 31 heavy (non-hydrogen) atoms. The smallest absolute Gasteiger partial charge is 0.224 e. The topological polar surface area (TPSA) is 52.7 Å². The van der Waals surface area contributed by atoms with Gasteiger partial charge in [-0.1, -0.05) is 36.4 Å². The molecule has 1 aliphatic rings. The van der Waals surface area contributed by atoms with Gasteiger partial charge in [-0.05, 0) is 41.3 Å². The predicted octanol–water partition coefficient (Wildman–Crippen LogP) is 4.67. The van der Waals surface area contributed by atoms with Crippen LogP contribution in [-0.2, 0) is 11.3 Å². The van der Waals surface area contributed by atoms with Crippen LogP contribution in [0.5, 0.6) is 0 Å². The van der Waals surface area contributed by atoms with Crippen LogP contribution in [-0.4, -0.2) is 42.8 Å². The lowest BCUT2D eigenvalue weighted by Gasteiger charge is -2.36. The lowest BCUT2D eigenvalue weighted by atomic mass is 10.1. The molecule has 0 aliphatic carbocycles. The van der Waals surface area contributed by atoms with Crippen LogP contribution in [0, 0.1) is 0 Å². The zero-order valence-corrected chi connectivity index (χ0v) is 18.3. The minimum atomic E-state index is -0.132. The molecule has 5 nitrogen and oxygen atoms in total. The first-order chi connectivity index (χ1) is 15.2. The van der Waals surface area contributed by atoms with E-state index in [1.807, 2.05) is 23.6 Å². The minimum Gasteiger partial charge on any atom is -0.369 e. The highest BCUT2D eigenvalue weighted by atomic mass is 32.1. The summed E-state index contributed by atoms with van der Waals surface area (Å²) in [4.78, 5) is 29.8. The number of hydrogen-bond acceptors (Lipinski definition) is 5. The van der Waals surface area contributed by atoms with Gasteiger partial charge in [0, 0.05) is 56.9 Å². The van der Waals surface area contributed by atoms with Gasteiger partial charge in [-0.2, -0.15) is 0 Å².